The fourth-order valence-corrected chi connectivity index (χ4v) is 6.60. The number of ether oxygens (including phenoxy) is 7. The monoisotopic (exact) mass is 983 g/mol. The van der Waals surface area contributed by atoms with E-state index in [1.54, 1.807) is 41.5 Å². The number of carbonyl (C=O) groups is 9. The van der Waals surface area contributed by atoms with Crippen LogP contribution in [-0.2, 0) is 76.3 Å². The fourth-order valence-electron chi connectivity index (χ4n) is 6.60. The number of aliphatic carboxylic acids is 2. The SMILES string of the molecule is C=C(CC(=O)O)C(=O)OCC(=O)OC(C)(C)C.C=C(CC(=O)OC1CCCCCC1)C(=O)OCC(=O)O.C=C(CC(=O)OC1CCCCCC1)C(=O)OCC(=O)OC(C)(C)C.OC1CCCCCC1. The minimum absolute atomic E-state index is 0.0255. The average molecular weight is 983 g/mol. The van der Waals surface area contributed by atoms with Gasteiger partial charge in [-0.3, -0.25) is 14.4 Å². The van der Waals surface area contributed by atoms with Crippen LogP contribution in [0.2, 0.25) is 0 Å². The molecule has 69 heavy (non-hydrogen) atoms. The molecule has 3 fully saturated rings. The molecule has 0 unspecified atom stereocenters. The standard InChI is InChI=1S/C18H28O6.C14H20O6.C11H16O6.C7H14O/c1-13(17(21)22-12-16(20)24-18(2,3)4)11-15(19)23-14-9-7-5-6-8-10-14;1-10(14(18)19-9-12(15)16)8-13(17)20-11-6-4-2-3-5-7-11;1-7(5-8(12)13)10(15)16-6-9(14)17-11(2,3)4;8-7-5-3-1-2-4-6-7/h14H,1,5-12H2,2-4H3;11H,1-9H2,(H,15,16);1,5-6H2,2-4H3,(H,12,13);7-8H,1-6H2. The second kappa shape index (κ2) is 34.7. The van der Waals surface area contributed by atoms with E-state index in [2.05, 4.69) is 29.2 Å². The van der Waals surface area contributed by atoms with Gasteiger partial charge in [-0.2, -0.15) is 0 Å². The molecule has 0 saturated heterocycles. The van der Waals surface area contributed by atoms with Crippen LogP contribution in [0.1, 0.15) is 176 Å². The van der Waals surface area contributed by atoms with Crippen molar-refractivity contribution in [3.8, 4) is 0 Å². The Bertz CT molecular complexity index is 1690. The smallest absolute Gasteiger partial charge is 0.344 e. The average Bonchev–Trinajstić information content (AvgIpc) is 3.76. The predicted octanol–water partition coefficient (Wildman–Crippen LogP) is 7.51. The Hall–Kier alpha value is -5.59. The lowest BCUT2D eigenvalue weighted by atomic mass is 10.1. The van der Waals surface area contributed by atoms with Gasteiger partial charge in [-0.25, -0.2) is 28.8 Å². The zero-order valence-electron chi connectivity index (χ0n) is 41.7. The number of carboxylic acid groups (broad SMARTS) is 2. The van der Waals surface area contributed by atoms with Gasteiger partial charge >= 0.3 is 53.7 Å². The van der Waals surface area contributed by atoms with Crippen molar-refractivity contribution < 1.29 is 91.6 Å². The zero-order chi connectivity index (χ0) is 52.6. The van der Waals surface area contributed by atoms with Crippen LogP contribution in [0, 0.1) is 0 Å². The highest BCUT2D eigenvalue weighted by Gasteiger charge is 2.24. The van der Waals surface area contributed by atoms with Crippen LogP contribution in [-0.4, -0.2) is 118 Å². The summed E-state index contributed by atoms with van der Waals surface area (Å²) < 4.78 is 34.4. The molecule has 19 nitrogen and oxygen atoms in total. The summed E-state index contributed by atoms with van der Waals surface area (Å²) in [6.07, 6.45) is 18.3. The lowest BCUT2D eigenvalue weighted by Crippen LogP contribution is -2.27. The summed E-state index contributed by atoms with van der Waals surface area (Å²) in [4.78, 5) is 101. The minimum atomic E-state index is -1.26. The molecule has 0 aromatic heterocycles. The van der Waals surface area contributed by atoms with Crippen LogP contribution in [0.25, 0.3) is 0 Å². The number of carboxylic acids is 2. The highest BCUT2D eigenvalue weighted by Crippen LogP contribution is 2.22. The number of aliphatic hydroxyl groups excluding tert-OH is 1. The second-order valence-corrected chi connectivity index (χ2v) is 18.9. The van der Waals surface area contributed by atoms with E-state index >= 15 is 0 Å². The van der Waals surface area contributed by atoms with Crippen molar-refractivity contribution in [3.63, 3.8) is 0 Å². The molecule has 392 valence electrons. The molecular weight excluding hydrogens is 905 g/mol. The van der Waals surface area contributed by atoms with Gasteiger partial charge in [0.05, 0.1) is 25.4 Å². The van der Waals surface area contributed by atoms with Gasteiger partial charge < -0.3 is 48.5 Å². The Labute approximate surface area is 406 Å². The van der Waals surface area contributed by atoms with E-state index in [1.807, 2.05) is 0 Å². The summed E-state index contributed by atoms with van der Waals surface area (Å²) in [6, 6.07) is 0. The van der Waals surface area contributed by atoms with Crippen LogP contribution < -0.4 is 0 Å². The summed E-state index contributed by atoms with van der Waals surface area (Å²) in [6.45, 7) is 18.6. The molecule has 3 rings (SSSR count). The zero-order valence-corrected chi connectivity index (χ0v) is 41.7. The Kier molecular flexibility index (Phi) is 31.8. The maximum Gasteiger partial charge on any atom is 0.344 e. The number of hydrogen-bond acceptors (Lipinski definition) is 17. The molecule has 0 radical (unpaired) electrons. The summed E-state index contributed by atoms with van der Waals surface area (Å²) >= 11 is 0. The van der Waals surface area contributed by atoms with Crippen LogP contribution in [0.5, 0.6) is 0 Å². The van der Waals surface area contributed by atoms with Crippen molar-refractivity contribution in [1.29, 1.82) is 0 Å². The molecule has 0 aromatic rings. The van der Waals surface area contributed by atoms with Gasteiger partial charge in [-0.05, 0) is 106 Å². The molecular formula is C50H78O19. The third-order valence-corrected chi connectivity index (χ3v) is 9.78. The highest BCUT2D eigenvalue weighted by molar-refractivity contribution is 5.95. The lowest BCUT2D eigenvalue weighted by molar-refractivity contribution is -0.165. The van der Waals surface area contributed by atoms with Crippen molar-refractivity contribution in [3.05, 3.63) is 36.5 Å². The number of rotatable bonds is 17. The quantitative estimate of drug-likeness (QED) is 0.0550. The van der Waals surface area contributed by atoms with Gasteiger partial charge in [-0.15, -0.1) is 0 Å². The first kappa shape index (κ1) is 63.4. The van der Waals surface area contributed by atoms with Gasteiger partial charge in [0.1, 0.15) is 23.4 Å². The molecule has 3 aliphatic rings. The number of carbonyl (C=O) groups excluding carboxylic acids is 7. The van der Waals surface area contributed by atoms with Crippen LogP contribution in [0.4, 0.5) is 0 Å². The van der Waals surface area contributed by atoms with Crippen LogP contribution >= 0.6 is 0 Å². The largest absolute Gasteiger partial charge is 0.481 e. The van der Waals surface area contributed by atoms with E-state index in [4.69, 9.17) is 39.0 Å². The second-order valence-electron chi connectivity index (χ2n) is 18.9. The number of aliphatic hydroxyl groups is 1. The molecule has 3 N–H and O–H groups in total. The normalized spacial score (nSPS) is 15.7. The van der Waals surface area contributed by atoms with E-state index < -0.39 is 91.2 Å². The van der Waals surface area contributed by atoms with Crippen LogP contribution in [0.3, 0.4) is 0 Å². The molecule has 0 heterocycles. The fraction of sp³-hybridized carbons (Fsp3) is 0.700. The van der Waals surface area contributed by atoms with Gasteiger partial charge in [0.15, 0.2) is 19.8 Å². The summed E-state index contributed by atoms with van der Waals surface area (Å²) in [7, 11) is 0. The molecule has 3 aliphatic carbocycles. The molecule has 19 heteroatoms. The van der Waals surface area contributed by atoms with E-state index in [0.717, 1.165) is 89.9 Å². The Morgan fingerprint density at radius 2 is 0.710 bits per heavy atom. The maximum absolute atomic E-state index is 11.9. The molecule has 0 atom stereocenters. The first-order valence-corrected chi connectivity index (χ1v) is 23.7. The molecule has 0 aromatic carbocycles. The van der Waals surface area contributed by atoms with Gasteiger partial charge in [0.25, 0.3) is 0 Å². The third kappa shape index (κ3) is 37.0. The van der Waals surface area contributed by atoms with Gasteiger partial charge in [-0.1, -0.05) is 71.1 Å². The first-order chi connectivity index (χ1) is 32.2. The Morgan fingerprint density at radius 3 is 1.00 bits per heavy atom. The lowest BCUT2D eigenvalue weighted by Gasteiger charge is -2.19. The van der Waals surface area contributed by atoms with Crippen molar-refractivity contribution in [2.45, 2.75) is 206 Å². The minimum Gasteiger partial charge on any atom is -0.481 e. The summed E-state index contributed by atoms with van der Waals surface area (Å²) in [5.41, 5.74) is -1.66. The molecule has 3 saturated carbocycles. The molecule has 0 aliphatic heterocycles. The van der Waals surface area contributed by atoms with E-state index in [9.17, 15) is 43.2 Å². The van der Waals surface area contributed by atoms with E-state index in [1.165, 1.54) is 25.7 Å². The van der Waals surface area contributed by atoms with Gasteiger partial charge in [0, 0.05) is 16.7 Å². The van der Waals surface area contributed by atoms with Crippen LogP contribution in [0.15, 0.2) is 36.5 Å². The molecule has 0 amide bonds. The van der Waals surface area contributed by atoms with E-state index in [-0.39, 0.29) is 47.9 Å². The summed E-state index contributed by atoms with van der Waals surface area (Å²) in [5.74, 6) is -7.40. The maximum atomic E-state index is 11.9. The first-order valence-electron chi connectivity index (χ1n) is 23.7. The highest BCUT2D eigenvalue weighted by atomic mass is 16.6. The van der Waals surface area contributed by atoms with Crippen molar-refractivity contribution in [2.24, 2.45) is 0 Å². The van der Waals surface area contributed by atoms with Crippen molar-refractivity contribution >= 4 is 53.7 Å². The van der Waals surface area contributed by atoms with Gasteiger partial charge in [0.2, 0.25) is 0 Å². The predicted molar refractivity (Wildman–Crippen MR) is 250 cm³/mol. The number of hydrogen-bond donors (Lipinski definition) is 3. The Morgan fingerprint density at radius 1 is 0.420 bits per heavy atom. The topological polar surface area (TPSA) is 279 Å². The van der Waals surface area contributed by atoms with E-state index in [0.29, 0.717) is 0 Å². The molecule has 0 bridgehead atoms. The summed E-state index contributed by atoms with van der Waals surface area (Å²) in [5, 5.41) is 25.9. The third-order valence-electron chi connectivity index (χ3n) is 9.78. The number of esters is 7. The molecule has 0 spiro atoms. The Balaban J connectivity index is 0.000000939. The van der Waals surface area contributed by atoms with Crippen molar-refractivity contribution in [1.82, 2.24) is 0 Å². The van der Waals surface area contributed by atoms with Crippen molar-refractivity contribution in [2.75, 3.05) is 19.8 Å².